The molecule has 0 amide bonds. The van der Waals surface area contributed by atoms with Crippen molar-refractivity contribution in [2.24, 2.45) is 0 Å². The highest BCUT2D eigenvalue weighted by Gasteiger charge is 2.15. The summed E-state index contributed by atoms with van der Waals surface area (Å²) in [4.78, 5) is 4.65. The van der Waals surface area contributed by atoms with Gasteiger partial charge in [0, 0.05) is 34.1 Å². The van der Waals surface area contributed by atoms with E-state index in [2.05, 4.69) is 183 Å². The van der Waals surface area contributed by atoms with Gasteiger partial charge < -0.3 is 9.80 Å². The Bertz CT molecular complexity index is 1720. The Morgan fingerprint density at radius 2 is 0.744 bits per heavy atom. The molecule has 0 saturated heterocycles. The molecule has 2 heteroatoms. The molecule has 0 N–H and O–H groups in total. The third kappa shape index (κ3) is 6.39. The Hall–Kier alpha value is -5.08. The van der Waals surface area contributed by atoms with Crippen molar-refractivity contribution in [3.8, 4) is 11.1 Å². The van der Waals surface area contributed by atoms with Gasteiger partial charge in [-0.3, -0.25) is 0 Å². The van der Waals surface area contributed by atoms with Crippen LogP contribution in [-0.4, -0.2) is 0 Å². The predicted molar refractivity (Wildman–Crippen MR) is 185 cm³/mol. The van der Waals surface area contributed by atoms with Crippen molar-refractivity contribution in [3.63, 3.8) is 0 Å². The van der Waals surface area contributed by atoms with E-state index in [-0.39, 0.29) is 0 Å². The van der Waals surface area contributed by atoms with Crippen LogP contribution in [0.2, 0.25) is 0 Å². The van der Waals surface area contributed by atoms with Crippen LogP contribution < -0.4 is 9.80 Å². The summed E-state index contributed by atoms with van der Waals surface area (Å²) in [6.07, 6.45) is 9.90. The number of aryl methyl sites for hydroxylation is 3. The van der Waals surface area contributed by atoms with Crippen molar-refractivity contribution in [3.05, 3.63) is 174 Å². The summed E-state index contributed by atoms with van der Waals surface area (Å²) in [5.74, 6) is 0. The normalized spacial score (nSPS) is 12.7. The van der Waals surface area contributed by atoms with Crippen molar-refractivity contribution in [1.82, 2.24) is 0 Å². The molecular formula is C41H38N2. The van der Waals surface area contributed by atoms with Gasteiger partial charge in [-0.2, -0.15) is 0 Å². The van der Waals surface area contributed by atoms with Crippen LogP contribution in [0.5, 0.6) is 0 Å². The largest absolute Gasteiger partial charge is 0.311 e. The summed E-state index contributed by atoms with van der Waals surface area (Å²) in [6.45, 7) is 8.57. The van der Waals surface area contributed by atoms with E-state index in [0.29, 0.717) is 0 Å². The second kappa shape index (κ2) is 12.4. The lowest BCUT2D eigenvalue weighted by Gasteiger charge is -2.27. The van der Waals surface area contributed by atoms with Gasteiger partial charge in [-0.05, 0) is 118 Å². The fraction of sp³-hybridized carbons (Fsp3) is 0.122. The molecule has 0 aromatic heterocycles. The number of nitrogens with zero attached hydrogens (tertiary/aromatic N) is 2. The Morgan fingerprint density at radius 1 is 0.395 bits per heavy atom. The minimum Gasteiger partial charge on any atom is -0.311 e. The second-order valence-electron chi connectivity index (χ2n) is 11.5. The Balaban J connectivity index is 1.32. The summed E-state index contributed by atoms with van der Waals surface area (Å²) in [7, 11) is 0. The van der Waals surface area contributed by atoms with Crippen LogP contribution in [0.4, 0.5) is 28.4 Å². The zero-order valence-electron chi connectivity index (χ0n) is 25.5. The molecule has 0 aliphatic heterocycles. The van der Waals surface area contributed by atoms with Crippen molar-refractivity contribution in [1.29, 1.82) is 0 Å². The van der Waals surface area contributed by atoms with Crippen LogP contribution in [0.15, 0.2) is 157 Å². The van der Waals surface area contributed by atoms with Gasteiger partial charge in [0.05, 0.1) is 0 Å². The van der Waals surface area contributed by atoms with Gasteiger partial charge in [0.15, 0.2) is 0 Å². The van der Waals surface area contributed by atoms with E-state index in [1.54, 1.807) is 0 Å². The molecule has 5 aromatic rings. The molecular weight excluding hydrogens is 520 g/mol. The molecule has 2 nitrogen and oxygen atoms in total. The molecule has 6 rings (SSSR count). The highest BCUT2D eigenvalue weighted by molar-refractivity contribution is 5.79. The van der Waals surface area contributed by atoms with Gasteiger partial charge in [0.1, 0.15) is 0 Å². The van der Waals surface area contributed by atoms with E-state index >= 15 is 0 Å². The molecule has 0 fully saturated rings. The lowest BCUT2D eigenvalue weighted by Crippen LogP contribution is -2.15. The first-order chi connectivity index (χ1) is 20.9. The average Bonchev–Trinajstić information content (AvgIpc) is 3.25. The summed E-state index contributed by atoms with van der Waals surface area (Å²) in [5.41, 5.74) is 14.4. The molecule has 0 saturated carbocycles. The van der Waals surface area contributed by atoms with Crippen molar-refractivity contribution in [2.75, 3.05) is 9.80 Å². The van der Waals surface area contributed by atoms with Gasteiger partial charge in [-0.1, -0.05) is 95.1 Å². The predicted octanol–water partition coefficient (Wildman–Crippen LogP) is 11.7. The Kier molecular flexibility index (Phi) is 8.11. The van der Waals surface area contributed by atoms with Crippen LogP contribution in [0.1, 0.15) is 30.0 Å². The van der Waals surface area contributed by atoms with Crippen LogP contribution in [0, 0.1) is 20.8 Å². The number of benzene rings is 5. The van der Waals surface area contributed by atoms with E-state index in [4.69, 9.17) is 0 Å². The molecule has 1 aliphatic carbocycles. The van der Waals surface area contributed by atoms with E-state index < -0.39 is 0 Å². The maximum atomic E-state index is 2.33. The van der Waals surface area contributed by atoms with E-state index in [1.807, 2.05) is 0 Å². The standard InChI is InChI=1S/C41H38N2/c1-30-6-5-7-36(19-8-30)42(37-20-9-31(2)10-21-37)40-26-15-34(16-27-40)35-17-28-41(29-18-35)43(38-22-11-32(3)12-23-38)39-24-13-33(4)14-25-39/h5,7-29H,6H2,1-4H3. The van der Waals surface area contributed by atoms with Gasteiger partial charge in [-0.25, -0.2) is 0 Å². The molecule has 212 valence electrons. The average molecular weight is 559 g/mol. The van der Waals surface area contributed by atoms with Gasteiger partial charge in [0.25, 0.3) is 0 Å². The van der Waals surface area contributed by atoms with Crippen LogP contribution in [-0.2, 0) is 0 Å². The minimum atomic E-state index is 0.974. The van der Waals surface area contributed by atoms with Crippen molar-refractivity contribution < 1.29 is 0 Å². The lowest BCUT2D eigenvalue weighted by molar-refractivity contribution is 1.20. The summed E-state index contributed by atoms with van der Waals surface area (Å²) < 4.78 is 0. The van der Waals surface area contributed by atoms with Gasteiger partial charge in [0.2, 0.25) is 0 Å². The number of anilines is 5. The summed E-state index contributed by atoms with van der Waals surface area (Å²) >= 11 is 0. The molecule has 0 unspecified atom stereocenters. The van der Waals surface area contributed by atoms with Crippen LogP contribution >= 0.6 is 0 Å². The molecule has 0 radical (unpaired) electrons. The second-order valence-corrected chi connectivity index (χ2v) is 11.5. The lowest BCUT2D eigenvalue weighted by atomic mass is 10.0. The zero-order chi connectivity index (χ0) is 29.8. The topological polar surface area (TPSA) is 6.48 Å². The molecule has 43 heavy (non-hydrogen) atoms. The van der Waals surface area contributed by atoms with E-state index in [0.717, 1.165) is 40.6 Å². The Labute approximate surface area is 256 Å². The fourth-order valence-electron chi connectivity index (χ4n) is 5.45. The smallest absolute Gasteiger partial charge is 0.0462 e. The number of rotatable bonds is 7. The summed E-state index contributed by atoms with van der Waals surface area (Å²) in [5, 5.41) is 0. The number of hydrogen-bond donors (Lipinski definition) is 0. The monoisotopic (exact) mass is 558 g/mol. The first-order valence-corrected chi connectivity index (χ1v) is 15.0. The number of allylic oxidation sites excluding steroid dienone is 5. The van der Waals surface area contributed by atoms with Crippen LogP contribution in [0.25, 0.3) is 11.1 Å². The third-order valence-electron chi connectivity index (χ3n) is 7.99. The molecule has 1 aliphatic rings. The SMILES string of the molecule is CC1=CC=C(N(c2ccc(C)cc2)c2ccc(-c3ccc(N(c4ccc(C)cc4)c4ccc(C)cc4)cc3)cc2)C=CC1. The molecule has 0 heterocycles. The Morgan fingerprint density at radius 3 is 1.14 bits per heavy atom. The molecule has 0 spiro atoms. The van der Waals surface area contributed by atoms with Crippen molar-refractivity contribution in [2.45, 2.75) is 34.1 Å². The van der Waals surface area contributed by atoms with E-state index in [1.165, 1.54) is 33.4 Å². The highest BCUT2D eigenvalue weighted by atomic mass is 15.1. The number of hydrogen-bond acceptors (Lipinski definition) is 2. The van der Waals surface area contributed by atoms with Gasteiger partial charge in [-0.15, -0.1) is 0 Å². The molecule has 0 atom stereocenters. The fourth-order valence-corrected chi connectivity index (χ4v) is 5.45. The first-order valence-electron chi connectivity index (χ1n) is 15.0. The van der Waals surface area contributed by atoms with Crippen molar-refractivity contribution >= 4 is 28.4 Å². The molecule has 5 aromatic carbocycles. The highest BCUT2D eigenvalue weighted by Crippen LogP contribution is 2.37. The quantitative estimate of drug-likeness (QED) is 0.196. The maximum Gasteiger partial charge on any atom is 0.0462 e. The maximum absolute atomic E-state index is 2.33. The van der Waals surface area contributed by atoms with E-state index in [9.17, 15) is 0 Å². The van der Waals surface area contributed by atoms with Crippen LogP contribution in [0.3, 0.4) is 0 Å². The minimum absolute atomic E-state index is 0.974. The third-order valence-corrected chi connectivity index (χ3v) is 7.99. The summed E-state index contributed by atoms with van der Waals surface area (Å²) in [6, 6.07) is 44.0. The zero-order valence-corrected chi connectivity index (χ0v) is 25.5. The molecule has 0 bridgehead atoms. The first kappa shape index (κ1) is 28.1. The van der Waals surface area contributed by atoms with Gasteiger partial charge >= 0.3 is 0 Å².